The van der Waals surface area contributed by atoms with Crippen LogP contribution in [0, 0.1) is 0 Å². The minimum atomic E-state index is -0.0412. The number of rotatable bonds is 2. The van der Waals surface area contributed by atoms with E-state index in [1.165, 1.54) is 0 Å². The summed E-state index contributed by atoms with van der Waals surface area (Å²) in [5.41, 5.74) is 13.5. The van der Waals surface area contributed by atoms with Crippen LogP contribution in [-0.4, -0.2) is 26.5 Å². The van der Waals surface area contributed by atoms with E-state index in [1.807, 2.05) is 4.57 Å². The average molecular weight is 273 g/mol. The van der Waals surface area contributed by atoms with Gasteiger partial charge in [0, 0.05) is 17.3 Å². The largest absolute Gasteiger partial charge is 0.506 e. The molecule has 6 heteroatoms. The number of phenols is 2. The Morgan fingerprint density at radius 2 is 1.30 bits per heavy atom. The standard InChI is InChI=1S/C14H15N3O3/c15-9-5-11-7(3-13(9)19)8-4-14(20)10(16)6-12(8)17(11)1-2-18/h3-6,18-20H,1-2,15-16H2. The van der Waals surface area contributed by atoms with Gasteiger partial charge in [-0.25, -0.2) is 0 Å². The number of hydrogen-bond donors (Lipinski definition) is 5. The van der Waals surface area contributed by atoms with E-state index < -0.39 is 0 Å². The van der Waals surface area contributed by atoms with Gasteiger partial charge in [0.2, 0.25) is 0 Å². The van der Waals surface area contributed by atoms with Crippen molar-refractivity contribution >= 4 is 33.2 Å². The first-order chi connectivity index (χ1) is 9.52. The van der Waals surface area contributed by atoms with Crippen LogP contribution in [0.4, 0.5) is 11.4 Å². The Hall–Kier alpha value is -2.60. The molecule has 0 atom stereocenters. The number of aliphatic hydroxyl groups excluding tert-OH is 1. The second kappa shape index (κ2) is 4.21. The predicted molar refractivity (Wildman–Crippen MR) is 78.7 cm³/mol. The van der Waals surface area contributed by atoms with Crippen molar-refractivity contribution < 1.29 is 15.3 Å². The molecule has 0 saturated heterocycles. The van der Waals surface area contributed by atoms with E-state index in [2.05, 4.69) is 0 Å². The first kappa shape index (κ1) is 12.4. The quantitative estimate of drug-likeness (QED) is 0.357. The van der Waals surface area contributed by atoms with Crippen molar-refractivity contribution in [3.63, 3.8) is 0 Å². The first-order valence-electron chi connectivity index (χ1n) is 6.16. The van der Waals surface area contributed by atoms with Gasteiger partial charge in [0.05, 0.1) is 29.0 Å². The maximum atomic E-state index is 9.77. The number of benzene rings is 2. The van der Waals surface area contributed by atoms with E-state index in [4.69, 9.17) is 11.5 Å². The van der Waals surface area contributed by atoms with Crippen molar-refractivity contribution in [1.29, 1.82) is 0 Å². The molecule has 0 spiro atoms. The van der Waals surface area contributed by atoms with Crippen molar-refractivity contribution in [2.24, 2.45) is 0 Å². The van der Waals surface area contributed by atoms with Crippen LogP contribution in [0.2, 0.25) is 0 Å². The van der Waals surface area contributed by atoms with Gasteiger partial charge in [0.1, 0.15) is 11.5 Å². The smallest absolute Gasteiger partial charge is 0.139 e. The van der Waals surface area contributed by atoms with Crippen LogP contribution in [0.25, 0.3) is 21.8 Å². The molecular formula is C14H15N3O3. The van der Waals surface area contributed by atoms with Gasteiger partial charge in [-0.15, -0.1) is 0 Å². The molecule has 0 aliphatic heterocycles. The van der Waals surface area contributed by atoms with Crippen LogP contribution < -0.4 is 11.5 Å². The lowest BCUT2D eigenvalue weighted by atomic mass is 10.1. The van der Waals surface area contributed by atoms with E-state index in [1.54, 1.807) is 24.3 Å². The van der Waals surface area contributed by atoms with Crippen molar-refractivity contribution in [2.75, 3.05) is 18.1 Å². The van der Waals surface area contributed by atoms with Gasteiger partial charge >= 0.3 is 0 Å². The van der Waals surface area contributed by atoms with Gasteiger partial charge in [-0.1, -0.05) is 0 Å². The molecule has 3 aromatic rings. The fraction of sp³-hybridized carbons (Fsp3) is 0.143. The molecule has 0 fully saturated rings. The minimum Gasteiger partial charge on any atom is -0.506 e. The topological polar surface area (TPSA) is 118 Å². The van der Waals surface area contributed by atoms with Crippen molar-refractivity contribution in [1.82, 2.24) is 4.57 Å². The first-order valence-corrected chi connectivity index (χ1v) is 6.16. The summed E-state index contributed by atoms with van der Waals surface area (Å²) < 4.78 is 1.86. The Labute approximate surface area is 114 Å². The number of hydrogen-bond acceptors (Lipinski definition) is 5. The van der Waals surface area contributed by atoms with Gasteiger partial charge in [0.15, 0.2) is 0 Å². The molecule has 0 amide bonds. The van der Waals surface area contributed by atoms with Crippen LogP contribution in [0.3, 0.4) is 0 Å². The summed E-state index contributed by atoms with van der Waals surface area (Å²) in [6.07, 6.45) is 0. The lowest BCUT2D eigenvalue weighted by molar-refractivity contribution is 0.280. The second-order valence-corrected chi connectivity index (χ2v) is 4.73. The van der Waals surface area contributed by atoms with Gasteiger partial charge in [-0.3, -0.25) is 0 Å². The predicted octanol–water partition coefficient (Wildman–Crippen LogP) is 1.36. The van der Waals surface area contributed by atoms with Gasteiger partial charge in [-0.05, 0) is 24.3 Å². The summed E-state index contributed by atoms with van der Waals surface area (Å²) in [6, 6.07) is 6.40. The van der Waals surface area contributed by atoms with E-state index in [0.717, 1.165) is 21.8 Å². The molecule has 0 unspecified atom stereocenters. The van der Waals surface area contributed by atoms with E-state index >= 15 is 0 Å². The van der Waals surface area contributed by atoms with Crippen LogP contribution >= 0.6 is 0 Å². The summed E-state index contributed by atoms with van der Waals surface area (Å²) in [5, 5.41) is 30.3. The third kappa shape index (κ3) is 1.62. The zero-order valence-electron chi connectivity index (χ0n) is 10.7. The summed E-state index contributed by atoms with van der Waals surface area (Å²) in [5.74, 6) is -0.0336. The van der Waals surface area contributed by atoms with E-state index in [9.17, 15) is 15.3 Å². The molecule has 104 valence electrons. The van der Waals surface area contributed by atoms with Crippen LogP contribution in [0.5, 0.6) is 11.5 Å². The number of nitrogens with two attached hydrogens (primary N) is 2. The summed E-state index contributed by atoms with van der Waals surface area (Å²) in [4.78, 5) is 0. The molecule has 20 heavy (non-hydrogen) atoms. The highest BCUT2D eigenvalue weighted by atomic mass is 16.3. The van der Waals surface area contributed by atoms with Crippen molar-refractivity contribution in [3.05, 3.63) is 24.3 Å². The fourth-order valence-electron chi connectivity index (χ4n) is 2.53. The molecule has 7 N–H and O–H groups in total. The average Bonchev–Trinajstić information content (AvgIpc) is 2.66. The Bertz CT molecular complexity index is 758. The minimum absolute atomic E-state index is 0.0168. The Morgan fingerprint density at radius 1 is 0.850 bits per heavy atom. The zero-order valence-corrected chi connectivity index (χ0v) is 10.7. The molecule has 0 bridgehead atoms. The van der Waals surface area contributed by atoms with Crippen LogP contribution in [0.15, 0.2) is 24.3 Å². The van der Waals surface area contributed by atoms with Crippen molar-refractivity contribution in [2.45, 2.75) is 6.54 Å². The molecule has 0 radical (unpaired) electrons. The number of aliphatic hydroxyl groups is 1. The molecule has 2 aromatic carbocycles. The lowest BCUT2D eigenvalue weighted by Gasteiger charge is -2.06. The molecule has 1 heterocycles. The van der Waals surface area contributed by atoms with Gasteiger partial charge in [0.25, 0.3) is 0 Å². The highest BCUT2D eigenvalue weighted by molar-refractivity contribution is 6.11. The molecule has 1 aromatic heterocycles. The van der Waals surface area contributed by atoms with Crippen molar-refractivity contribution in [3.8, 4) is 11.5 Å². The monoisotopic (exact) mass is 273 g/mol. The van der Waals surface area contributed by atoms with Gasteiger partial charge in [-0.2, -0.15) is 0 Å². The zero-order chi connectivity index (χ0) is 14.4. The highest BCUT2D eigenvalue weighted by Crippen LogP contribution is 2.38. The summed E-state index contributed by atoms with van der Waals surface area (Å²) in [7, 11) is 0. The second-order valence-electron chi connectivity index (χ2n) is 4.73. The number of nitrogens with zero attached hydrogens (tertiary/aromatic N) is 1. The summed E-state index contributed by atoms with van der Waals surface area (Å²) >= 11 is 0. The number of nitrogen functional groups attached to an aromatic ring is 2. The Morgan fingerprint density at radius 3 is 1.70 bits per heavy atom. The van der Waals surface area contributed by atoms with E-state index in [0.29, 0.717) is 6.54 Å². The number of fused-ring (bicyclic) bond motifs is 3. The lowest BCUT2D eigenvalue weighted by Crippen LogP contribution is -2.02. The molecule has 3 rings (SSSR count). The molecule has 0 aliphatic carbocycles. The summed E-state index contributed by atoms with van der Waals surface area (Å²) in [6.45, 7) is 0.328. The molecular weight excluding hydrogens is 258 g/mol. The normalized spacial score (nSPS) is 11.4. The number of anilines is 2. The Kier molecular flexibility index (Phi) is 2.62. The van der Waals surface area contributed by atoms with E-state index in [-0.39, 0.29) is 29.5 Å². The maximum absolute atomic E-state index is 9.77. The number of aromatic hydroxyl groups is 2. The SMILES string of the molecule is Nc1cc2c(cc1O)c1cc(O)c(N)cc1n2CCO. The number of aromatic nitrogens is 1. The highest BCUT2D eigenvalue weighted by Gasteiger charge is 2.14. The Balaban J connectivity index is 2.51. The third-order valence-corrected chi connectivity index (χ3v) is 3.49. The molecule has 0 aliphatic rings. The number of phenolic OH excluding ortho intramolecular Hbond substituents is 2. The van der Waals surface area contributed by atoms with Gasteiger partial charge < -0.3 is 31.4 Å². The maximum Gasteiger partial charge on any atom is 0.139 e. The van der Waals surface area contributed by atoms with Crippen LogP contribution in [0.1, 0.15) is 0 Å². The third-order valence-electron chi connectivity index (χ3n) is 3.49. The fourth-order valence-corrected chi connectivity index (χ4v) is 2.53. The molecule has 0 saturated carbocycles. The molecule has 6 nitrogen and oxygen atoms in total. The van der Waals surface area contributed by atoms with Crippen LogP contribution in [-0.2, 0) is 6.54 Å².